The Morgan fingerprint density at radius 3 is 2.82 bits per heavy atom. The Morgan fingerprint density at radius 2 is 2.36 bits per heavy atom. The highest BCUT2D eigenvalue weighted by Gasteiger charge is 2.14. The van der Waals surface area contributed by atoms with Gasteiger partial charge in [0.1, 0.15) is 0 Å². The van der Waals surface area contributed by atoms with Gasteiger partial charge in [-0.15, -0.1) is 0 Å². The fourth-order valence-electron chi connectivity index (χ4n) is 1.42. The van der Waals surface area contributed by atoms with Gasteiger partial charge in [0.2, 0.25) is 0 Å². The lowest BCUT2D eigenvalue weighted by atomic mass is 10.1. The van der Waals surface area contributed by atoms with Gasteiger partial charge in [-0.3, -0.25) is 0 Å². The minimum absolute atomic E-state index is 0.591. The molecule has 1 rings (SSSR count). The number of allylic oxidation sites excluding steroid dienone is 1. The topological polar surface area (TPSA) is 24.1 Å². The van der Waals surface area contributed by atoms with Crippen molar-refractivity contribution >= 4 is 0 Å². The van der Waals surface area contributed by atoms with Crippen molar-refractivity contribution in [1.29, 1.82) is 0 Å². The average molecular weight is 154 g/mol. The summed E-state index contributed by atoms with van der Waals surface area (Å²) in [5, 5.41) is 6.78. The van der Waals surface area contributed by atoms with Crippen molar-refractivity contribution in [3.63, 3.8) is 0 Å². The zero-order chi connectivity index (χ0) is 8.27. The average Bonchev–Trinajstić information content (AvgIpc) is 1.93. The van der Waals surface area contributed by atoms with Gasteiger partial charge < -0.3 is 10.6 Å². The second kappa shape index (κ2) is 3.77. The third-order valence-electron chi connectivity index (χ3n) is 1.96. The monoisotopic (exact) mass is 154 g/mol. The Hall–Kier alpha value is -0.500. The number of nitrogens with one attached hydrogen (secondary N) is 2. The molecule has 0 bridgehead atoms. The smallest absolute Gasteiger partial charge is 0.0298 e. The molecule has 0 aliphatic carbocycles. The first-order valence-electron chi connectivity index (χ1n) is 4.36. The van der Waals surface area contributed by atoms with Crippen LogP contribution in [-0.4, -0.2) is 18.6 Å². The van der Waals surface area contributed by atoms with Crippen LogP contribution in [0, 0.1) is 0 Å². The fraction of sp³-hybridized carbons (Fsp3) is 0.778. The molecule has 2 heteroatoms. The third-order valence-corrected chi connectivity index (χ3v) is 1.96. The number of hydrogen-bond acceptors (Lipinski definition) is 2. The van der Waals surface area contributed by atoms with Crippen LogP contribution < -0.4 is 10.6 Å². The minimum atomic E-state index is 0.591. The summed E-state index contributed by atoms with van der Waals surface area (Å²) in [4.78, 5) is 0. The maximum atomic E-state index is 3.89. The van der Waals surface area contributed by atoms with Gasteiger partial charge in [0, 0.05) is 24.3 Å². The van der Waals surface area contributed by atoms with Crippen molar-refractivity contribution in [2.75, 3.05) is 6.54 Å². The quantitative estimate of drug-likeness (QED) is 0.625. The van der Waals surface area contributed by atoms with Gasteiger partial charge in [-0.25, -0.2) is 0 Å². The highest BCUT2D eigenvalue weighted by molar-refractivity contribution is 4.98. The Morgan fingerprint density at radius 1 is 1.64 bits per heavy atom. The fourth-order valence-corrected chi connectivity index (χ4v) is 1.42. The van der Waals surface area contributed by atoms with Gasteiger partial charge in [-0.05, 0) is 12.8 Å². The first kappa shape index (κ1) is 8.60. The van der Waals surface area contributed by atoms with Gasteiger partial charge in [0.05, 0.1) is 0 Å². The normalized spacial score (nSPS) is 25.4. The molecule has 1 heterocycles. The summed E-state index contributed by atoms with van der Waals surface area (Å²) in [5.41, 5.74) is 1.19. The van der Waals surface area contributed by atoms with E-state index in [0.29, 0.717) is 12.1 Å². The lowest BCUT2D eigenvalue weighted by molar-refractivity contribution is 0.395. The molecule has 1 aliphatic heterocycles. The molecule has 0 unspecified atom stereocenters. The lowest BCUT2D eigenvalue weighted by Gasteiger charge is -2.27. The van der Waals surface area contributed by atoms with Crippen molar-refractivity contribution < 1.29 is 0 Å². The van der Waals surface area contributed by atoms with Crippen LogP contribution in [0.1, 0.15) is 26.7 Å². The Labute approximate surface area is 69.1 Å². The molecule has 0 aromatic rings. The van der Waals surface area contributed by atoms with E-state index < -0.39 is 0 Å². The summed E-state index contributed by atoms with van der Waals surface area (Å²) in [6.07, 6.45) is 2.34. The molecule has 1 atom stereocenters. The maximum absolute atomic E-state index is 3.89. The van der Waals surface area contributed by atoms with E-state index >= 15 is 0 Å². The minimum Gasteiger partial charge on any atom is -0.387 e. The van der Waals surface area contributed by atoms with Crippen molar-refractivity contribution in [1.82, 2.24) is 10.6 Å². The van der Waals surface area contributed by atoms with E-state index in [9.17, 15) is 0 Å². The van der Waals surface area contributed by atoms with Crippen molar-refractivity contribution in [3.8, 4) is 0 Å². The molecule has 0 amide bonds. The molecular weight excluding hydrogens is 136 g/mol. The first-order valence-corrected chi connectivity index (χ1v) is 4.36. The zero-order valence-electron chi connectivity index (χ0n) is 7.48. The van der Waals surface area contributed by atoms with Crippen molar-refractivity contribution in [2.45, 2.75) is 38.8 Å². The van der Waals surface area contributed by atoms with Gasteiger partial charge in [-0.2, -0.15) is 0 Å². The summed E-state index contributed by atoms with van der Waals surface area (Å²) in [6, 6.07) is 1.23. The Balaban J connectivity index is 2.22. The zero-order valence-corrected chi connectivity index (χ0v) is 7.48. The standard InChI is InChI=1S/C9H18N2/c1-7(2)11-9-5-4-8(3)10-6-9/h7,9-11H,3-6H2,1-2H3/t9-/m0/s1. The molecule has 11 heavy (non-hydrogen) atoms. The predicted octanol–water partition coefficient (Wildman–Crippen LogP) is 1.25. The van der Waals surface area contributed by atoms with Gasteiger partial charge in [0.15, 0.2) is 0 Å². The summed E-state index contributed by atoms with van der Waals surface area (Å²) in [5.74, 6) is 0. The second-order valence-electron chi connectivity index (χ2n) is 3.54. The SMILES string of the molecule is C=C1CC[C@H](NC(C)C)CN1. The van der Waals surface area contributed by atoms with Gasteiger partial charge in [-0.1, -0.05) is 20.4 Å². The van der Waals surface area contributed by atoms with E-state index in [1.165, 1.54) is 12.1 Å². The Bertz CT molecular complexity index is 130. The van der Waals surface area contributed by atoms with E-state index in [1.54, 1.807) is 0 Å². The van der Waals surface area contributed by atoms with Crippen molar-refractivity contribution in [2.24, 2.45) is 0 Å². The summed E-state index contributed by atoms with van der Waals surface area (Å²) in [6.45, 7) is 9.30. The summed E-state index contributed by atoms with van der Waals surface area (Å²) in [7, 11) is 0. The van der Waals surface area contributed by atoms with Gasteiger partial charge in [0.25, 0.3) is 0 Å². The largest absolute Gasteiger partial charge is 0.387 e. The molecule has 1 saturated heterocycles. The van der Waals surface area contributed by atoms with E-state index in [2.05, 4.69) is 31.1 Å². The van der Waals surface area contributed by atoms with Gasteiger partial charge >= 0.3 is 0 Å². The highest BCUT2D eigenvalue weighted by atomic mass is 15.0. The van der Waals surface area contributed by atoms with Crippen LogP contribution >= 0.6 is 0 Å². The Kier molecular flexibility index (Phi) is 2.94. The van der Waals surface area contributed by atoms with E-state index in [-0.39, 0.29) is 0 Å². The first-order chi connectivity index (χ1) is 5.18. The predicted molar refractivity (Wildman–Crippen MR) is 48.4 cm³/mol. The number of hydrogen-bond donors (Lipinski definition) is 2. The van der Waals surface area contributed by atoms with Crippen LogP contribution in [0.5, 0.6) is 0 Å². The van der Waals surface area contributed by atoms with Crippen LogP contribution in [0.2, 0.25) is 0 Å². The third kappa shape index (κ3) is 2.93. The highest BCUT2D eigenvalue weighted by Crippen LogP contribution is 2.09. The van der Waals surface area contributed by atoms with Crippen LogP contribution in [0.15, 0.2) is 12.3 Å². The van der Waals surface area contributed by atoms with E-state index in [1.807, 2.05) is 0 Å². The molecule has 1 aliphatic rings. The van der Waals surface area contributed by atoms with Crippen LogP contribution in [0.25, 0.3) is 0 Å². The molecule has 2 N–H and O–H groups in total. The van der Waals surface area contributed by atoms with Crippen LogP contribution in [0.3, 0.4) is 0 Å². The van der Waals surface area contributed by atoms with Crippen LogP contribution in [0.4, 0.5) is 0 Å². The number of piperidine rings is 1. The molecule has 2 nitrogen and oxygen atoms in total. The summed E-state index contributed by atoms with van der Waals surface area (Å²) < 4.78 is 0. The van der Waals surface area contributed by atoms with Crippen molar-refractivity contribution in [3.05, 3.63) is 12.3 Å². The summed E-state index contributed by atoms with van der Waals surface area (Å²) >= 11 is 0. The molecule has 0 radical (unpaired) electrons. The van der Waals surface area contributed by atoms with Crippen LogP contribution in [-0.2, 0) is 0 Å². The second-order valence-corrected chi connectivity index (χ2v) is 3.54. The molecule has 0 aromatic carbocycles. The molecule has 0 spiro atoms. The molecule has 0 saturated carbocycles. The lowest BCUT2D eigenvalue weighted by Crippen LogP contribution is -2.44. The molecule has 0 aromatic heterocycles. The molecular formula is C9H18N2. The van der Waals surface area contributed by atoms with E-state index in [0.717, 1.165) is 13.0 Å². The molecule has 1 fully saturated rings. The van der Waals surface area contributed by atoms with E-state index in [4.69, 9.17) is 0 Å². The maximum Gasteiger partial charge on any atom is 0.0298 e. The molecule has 64 valence electrons. The number of rotatable bonds is 2.